The van der Waals surface area contributed by atoms with Gasteiger partial charge in [0, 0.05) is 17.1 Å². The molecule has 23 heavy (non-hydrogen) atoms. The number of pyridine rings is 1. The van der Waals surface area contributed by atoms with Crippen molar-refractivity contribution in [2.75, 3.05) is 0 Å². The molecule has 7 heteroatoms. The predicted octanol–water partition coefficient (Wildman–Crippen LogP) is 3.08. The van der Waals surface area contributed by atoms with Crippen molar-refractivity contribution in [3.05, 3.63) is 54.2 Å². The second kappa shape index (κ2) is 5.62. The molecule has 0 atom stereocenters. The second-order valence-electron chi connectivity index (χ2n) is 4.70. The molecule has 6 nitrogen and oxygen atoms in total. The van der Waals surface area contributed by atoms with Crippen molar-refractivity contribution >= 4 is 28.7 Å². The molecule has 4 aromatic rings. The number of hydrogen-bond donors (Lipinski definition) is 0. The highest BCUT2D eigenvalue weighted by Gasteiger charge is 2.15. The van der Waals surface area contributed by atoms with E-state index in [0.29, 0.717) is 11.6 Å². The largest absolute Gasteiger partial charge is 0.409 e. The lowest BCUT2D eigenvalue weighted by Gasteiger charge is -1.96. The van der Waals surface area contributed by atoms with Gasteiger partial charge in [-0.1, -0.05) is 41.7 Å². The lowest BCUT2D eigenvalue weighted by molar-refractivity contribution is -0.120. The van der Waals surface area contributed by atoms with Crippen molar-refractivity contribution in [3.63, 3.8) is 0 Å². The second-order valence-corrected chi connectivity index (χ2v) is 5.54. The molecule has 0 unspecified atom stereocenters. The molecule has 0 aliphatic carbocycles. The highest BCUT2D eigenvalue weighted by molar-refractivity contribution is 7.12. The maximum absolute atomic E-state index is 10.4. The average Bonchev–Trinajstić information content (AvgIpc) is 3.20. The Bertz CT molecular complexity index is 978. The molecular formula is C16H10N4O2S. The molecule has 3 heterocycles. The molecule has 3 aromatic heterocycles. The van der Waals surface area contributed by atoms with E-state index in [1.807, 2.05) is 36.4 Å². The number of benzene rings is 1. The van der Waals surface area contributed by atoms with Gasteiger partial charge in [-0.15, -0.1) is 0 Å². The summed E-state index contributed by atoms with van der Waals surface area (Å²) in [6, 6.07) is 11.9. The number of carbonyl (C=O) groups excluding carboxylic acids is 1. The van der Waals surface area contributed by atoms with E-state index in [-0.39, 0.29) is 5.88 Å². The first-order chi connectivity index (χ1) is 11.4. The lowest BCUT2D eigenvalue weighted by atomic mass is 10.1. The number of nitrogens with zero attached hydrogens (tertiary/aromatic N) is 4. The van der Waals surface area contributed by atoms with Crippen molar-refractivity contribution in [1.29, 1.82) is 0 Å². The van der Waals surface area contributed by atoms with E-state index in [0.717, 1.165) is 22.2 Å². The topological polar surface area (TPSA) is 69.9 Å². The van der Waals surface area contributed by atoms with Gasteiger partial charge in [0.2, 0.25) is 11.0 Å². The maximum Gasteiger partial charge on any atom is 0.299 e. The minimum atomic E-state index is 0.258. The standard InChI is InChI=1S/C16H10N4O2S/c21-10-22-14-9-23-16(18-14)20-13-8-17-7-6-12(13)15(19-20)11-4-2-1-3-5-11/h1-10H. The lowest BCUT2D eigenvalue weighted by Crippen LogP contribution is -1.97. The maximum atomic E-state index is 10.4. The number of aromatic nitrogens is 4. The molecule has 0 saturated carbocycles. The predicted molar refractivity (Wildman–Crippen MR) is 86.7 cm³/mol. The van der Waals surface area contributed by atoms with Crippen molar-refractivity contribution in [2.45, 2.75) is 0 Å². The molecule has 0 N–H and O–H groups in total. The number of fused-ring (bicyclic) bond motifs is 1. The summed E-state index contributed by atoms with van der Waals surface area (Å²) in [5, 5.41) is 7.94. The normalized spacial score (nSPS) is 10.8. The van der Waals surface area contributed by atoms with Gasteiger partial charge < -0.3 is 4.74 Å². The first kappa shape index (κ1) is 13.6. The average molecular weight is 322 g/mol. The fraction of sp³-hybridized carbons (Fsp3) is 0. The monoisotopic (exact) mass is 322 g/mol. The summed E-state index contributed by atoms with van der Waals surface area (Å²) >= 11 is 1.34. The van der Waals surface area contributed by atoms with E-state index in [2.05, 4.69) is 15.1 Å². The van der Waals surface area contributed by atoms with Gasteiger partial charge in [0.25, 0.3) is 6.47 Å². The van der Waals surface area contributed by atoms with E-state index in [1.54, 1.807) is 22.5 Å². The van der Waals surface area contributed by atoms with Crippen LogP contribution in [0.1, 0.15) is 0 Å². The molecule has 0 radical (unpaired) electrons. The molecule has 1 aromatic carbocycles. The molecule has 0 bridgehead atoms. The number of thiazole rings is 1. The van der Waals surface area contributed by atoms with Crippen LogP contribution in [-0.2, 0) is 4.79 Å². The molecule has 0 spiro atoms. The third kappa shape index (κ3) is 2.36. The first-order valence-electron chi connectivity index (χ1n) is 6.81. The summed E-state index contributed by atoms with van der Waals surface area (Å²) in [7, 11) is 0. The van der Waals surface area contributed by atoms with Crippen LogP contribution in [0.5, 0.6) is 5.88 Å². The Morgan fingerprint density at radius 3 is 2.87 bits per heavy atom. The Hall–Kier alpha value is -3.06. The zero-order valence-electron chi connectivity index (χ0n) is 11.8. The minimum Gasteiger partial charge on any atom is -0.409 e. The molecular weight excluding hydrogens is 312 g/mol. The van der Waals surface area contributed by atoms with Gasteiger partial charge in [0.15, 0.2) is 0 Å². The van der Waals surface area contributed by atoms with Crippen molar-refractivity contribution in [2.24, 2.45) is 0 Å². The number of ether oxygens (including phenoxy) is 1. The molecule has 4 rings (SSSR count). The van der Waals surface area contributed by atoms with Gasteiger partial charge in [0.1, 0.15) is 5.69 Å². The van der Waals surface area contributed by atoms with E-state index in [9.17, 15) is 4.79 Å². The van der Waals surface area contributed by atoms with Gasteiger partial charge >= 0.3 is 0 Å². The summed E-state index contributed by atoms with van der Waals surface area (Å²) in [5.74, 6) is 0.258. The van der Waals surface area contributed by atoms with Crippen molar-refractivity contribution < 1.29 is 9.53 Å². The zero-order chi connectivity index (χ0) is 15.6. The number of hydrogen-bond acceptors (Lipinski definition) is 6. The summed E-state index contributed by atoms with van der Waals surface area (Å²) in [4.78, 5) is 18.9. The van der Waals surface area contributed by atoms with Crippen LogP contribution in [0.4, 0.5) is 0 Å². The van der Waals surface area contributed by atoms with Crippen LogP contribution in [-0.4, -0.2) is 26.2 Å². The van der Waals surface area contributed by atoms with Gasteiger partial charge in [-0.2, -0.15) is 10.1 Å². The Balaban J connectivity index is 1.92. The Kier molecular flexibility index (Phi) is 3.32. The summed E-state index contributed by atoms with van der Waals surface area (Å²) < 4.78 is 6.49. The Morgan fingerprint density at radius 1 is 1.17 bits per heavy atom. The summed E-state index contributed by atoms with van der Waals surface area (Å²) in [5.41, 5.74) is 2.72. The molecule has 0 amide bonds. The highest BCUT2D eigenvalue weighted by atomic mass is 32.1. The van der Waals surface area contributed by atoms with Crippen LogP contribution in [0.25, 0.3) is 27.3 Å². The van der Waals surface area contributed by atoms with Crippen LogP contribution in [0.3, 0.4) is 0 Å². The van der Waals surface area contributed by atoms with Crippen LogP contribution in [0.2, 0.25) is 0 Å². The molecule has 0 saturated heterocycles. The van der Waals surface area contributed by atoms with E-state index < -0.39 is 0 Å². The van der Waals surface area contributed by atoms with Crippen molar-refractivity contribution in [3.8, 4) is 22.3 Å². The SMILES string of the molecule is O=COc1csc(-n2nc(-c3ccccc3)c3ccncc32)n1. The third-order valence-corrected chi connectivity index (χ3v) is 4.15. The Morgan fingerprint density at radius 2 is 2.04 bits per heavy atom. The molecule has 112 valence electrons. The molecule has 0 aliphatic rings. The van der Waals surface area contributed by atoms with Crippen LogP contribution >= 0.6 is 11.3 Å². The summed E-state index contributed by atoms with van der Waals surface area (Å²) in [6.45, 7) is 0.358. The van der Waals surface area contributed by atoms with Crippen LogP contribution in [0, 0.1) is 0 Å². The fourth-order valence-corrected chi connectivity index (χ4v) is 3.06. The van der Waals surface area contributed by atoms with E-state index in [1.165, 1.54) is 11.3 Å². The molecule has 0 fully saturated rings. The zero-order valence-corrected chi connectivity index (χ0v) is 12.6. The van der Waals surface area contributed by atoms with Crippen LogP contribution < -0.4 is 4.74 Å². The van der Waals surface area contributed by atoms with Crippen LogP contribution in [0.15, 0.2) is 54.2 Å². The highest BCUT2D eigenvalue weighted by Crippen LogP contribution is 2.30. The number of carbonyl (C=O) groups is 1. The first-order valence-corrected chi connectivity index (χ1v) is 7.69. The fourth-order valence-electron chi connectivity index (χ4n) is 2.37. The Labute approximate surface area is 135 Å². The molecule has 0 aliphatic heterocycles. The van der Waals surface area contributed by atoms with Gasteiger partial charge in [-0.05, 0) is 6.07 Å². The quantitative estimate of drug-likeness (QED) is 0.540. The van der Waals surface area contributed by atoms with E-state index in [4.69, 9.17) is 4.74 Å². The van der Waals surface area contributed by atoms with E-state index >= 15 is 0 Å². The van der Waals surface area contributed by atoms with Gasteiger partial charge in [-0.25, -0.2) is 4.68 Å². The minimum absolute atomic E-state index is 0.258. The summed E-state index contributed by atoms with van der Waals surface area (Å²) in [6.07, 6.45) is 3.49. The van der Waals surface area contributed by atoms with Gasteiger partial charge in [-0.3, -0.25) is 9.78 Å². The third-order valence-electron chi connectivity index (χ3n) is 3.35. The van der Waals surface area contributed by atoms with Gasteiger partial charge in [0.05, 0.1) is 17.1 Å². The number of rotatable bonds is 4. The smallest absolute Gasteiger partial charge is 0.299 e. The van der Waals surface area contributed by atoms with Crippen molar-refractivity contribution in [1.82, 2.24) is 19.7 Å².